The monoisotopic (exact) mass is 373 g/mol. The minimum absolute atomic E-state index is 0.0765. The lowest BCUT2D eigenvalue weighted by molar-refractivity contribution is -0.121. The highest BCUT2D eigenvalue weighted by atomic mass is 19.1. The molecule has 0 bridgehead atoms. The number of carbonyl (C=O) groups excluding carboxylic acids is 2. The van der Waals surface area contributed by atoms with Gasteiger partial charge in [0.05, 0.1) is 18.3 Å². The Balaban J connectivity index is 1.37. The number of nitrogens with zero attached hydrogens (tertiary/aromatic N) is 1. The maximum Gasteiger partial charge on any atom is 0.257 e. The van der Waals surface area contributed by atoms with Crippen molar-refractivity contribution in [2.45, 2.75) is 19.1 Å². The van der Waals surface area contributed by atoms with E-state index in [2.05, 4.69) is 0 Å². The number of likely N-dealkylation sites (tertiary alicyclic amines) is 1. The average Bonchev–Trinajstić information content (AvgIpc) is 2.61. The Morgan fingerprint density at radius 3 is 2.74 bits per heavy atom. The molecule has 0 unspecified atom stereocenters. The first-order valence-corrected chi connectivity index (χ1v) is 8.62. The number of ketones is 1. The van der Waals surface area contributed by atoms with E-state index in [0.29, 0.717) is 30.0 Å². The molecule has 5 nitrogen and oxygen atoms in total. The van der Waals surface area contributed by atoms with Gasteiger partial charge in [0.2, 0.25) is 0 Å². The molecule has 2 aromatic carbocycles. The Morgan fingerprint density at radius 2 is 1.96 bits per heavy atom. The molecular formula is C20H17F2NO4. The van der Waals surface area contributed by atoms with Gasteiger partial charge < -0.3 is 14.4 Å². The molecule has 0 aromatic heterocycles. The Hall–Kier alpha value is -2.80. The van der Waals surface area contributed by atoms with Crippen molar-refractivity contribution < 1.29 is 27.8 Å². The molecule has 1 saturated heterocycles. The number of benzene rings is 2. The van der Waals surface area contributed by atoms with Crippen LogP contribution < -0.4 is 4.74 Å². The normalized spacial score (nSPS) is 16.5. The highest BCUT2D eigenvalue weighted by Crippen LogP contribution is 2.28. The maximum atomic E-state index is 14.3. The van der Waals surface area contributed by atoms with Crippen molar-refractivity contribution in [1.82, 2.24) is 4.90 Å². The first-order valence-electron chi connectivity index (χ1n) is 8.62. The summed E-state index contributed by atoms with van der Waals surface area (Å²) in [7, 11) is 0. The molecule has 140 valence electrons. The summed E-state index contributed by atoms with van der Waals surface area (Å²) >= 11 is 0. The minimum atomic E-state index is -0.677. The lowest BCUT2D eigenvalue weighted by atomic mass is 10.0. The van der Waals surface area contributed by atoms with E-state index in [9.17, 15) is 18.4 Å². The zero-order valence-electron chi connectivity index (χ0n) is 14.4. The average molecular weight is 373 g/mol. The Labute approximate surface area is 154 Å². The molecule has 4 rings (SSSR count). The molecule has 1 amide bonds. The molecular weight excluding hydrogens is 356 g/mol. The van der Waals surface area contributed by atoms with Gasteiger partial charge in [0, 0.05) is 36.7 Å². The number of Topliss-reactive ketones (excluding diaryl/α,β-unsaturated/α-hetero) is 1. The summed E-state index contributed by atoms with van der Waals surface area (Å²) in [6.45, 7) is 0.650. The van der Waals surface area contributed by atoms with Gasteiger partial charge in [-0.05, 0) is 12.1 Å². The minimum Gasteiger partial charge on any atom is -0.485 e. The van der Waals surface area contributed by atoms with Crippen molar-refractivity contribution in [1.29, 1.82) is 0 Å². The van der Waals surface area contributed by atoms with Crippen molar-refractivity contribution in [3.63, 3.8) is 0 Å². The lowest BCUT2D eigenvalue weighted by Crippen LogP contribution is -2.54. The van der Waals surface area contributed by atoms with Crippen LogP contribution in [0.1, 0.15) is 21.5 Å². The van der Waals surface area contributed by atoms with Gasteiger partial charge in [-0.15, -0.1) is 0 Å². The molecule has 2 aromatic rings. The number of carbonyl (C=O) groups is 2. The van der Waals surface area contributed by atoms with E-state index in [-0.39, 0.29) is 42.9 Å². The topological polar surface area (TPSA) is 55.8 Å². The Kier molecular flexibility index (Phi) is 4.61. The number of hydrogen-bond acceptors (Lipinski definition) is 4. The number of hydrogen-bond donors (Lipinski definition) is 0. The molecule has 0 radical (unpaired) electrons. The molecule has 27 heavy (non-hydrogen) atoms. The molecule has 0 spiro atoms. The van der Waals surface area contributed by atoms with Crippen molar-refractivity contribution in [2.24, 2.45) is 0 Å². The fourth-order valence-electron chi connectivity index (χ4n) is 3.16. The van der Waals surface area contributed by atoms with Crippen molar-refractivity contribution in [3.05, 3.63) is 64.7 Å². The van der Waals surface area contributed by atoms with E-state index < -0.39 is 11.7 Å². The van der Waals surface area contributed by atoms with Gasteiger partial charge in [0.15, 0.2) is 5.78 Å². The molecule has 2 heterocycles. The van der Waals surface area contributed by atoms with Crippen molar-refractivity contribution in [3.8, 4) is 5.75 Å². The van der Waals surface area contributed by atoms with Crippen LogP contribution in [0.15, 0.2) is 36.4 Å². The highest BCUT2D eigenvalue weighted by Gasteiger charge is 2.34. The Bertz CT molecular complexity index is 909. The summed E-state index contributed by atoms with van der Waals surface area (Å²) in [5.41, 5.74) is 0.885. The lowest BCUT2D eigenvalue weighted by Gasteiger charge is -2.39. The van der Waals surface area contributed by atoms with Crippen molar-refractivity contribution >= 4 is 11.7 Å². The van der Waals surface area contributed by atoms with Gasteiger partial charge >= 0.3 is 0 Å². The van der Waals surface area contributed by atoms with Crippen molar-refractivity contribution in [2.75, 3.05) is 19.7 Å². The van der Waals surface area contributed by atoms with E-state index in [4.69, 9.17) is 9.47 Å². The molecule has 0 N–H and O–H groups in total. The second-order valence-corrected chi connectivity index (χ2v) is 6.68. The van der Waals surface area contributed by atoms with Crippen LogP contribution in [0.3, 0.4) is 0 Å². The molecule has 2 aliphatic heterocycles. The second-order valence-electron chi connectivity index (χ2n) is 6.68. The summed E-state index contributed by atoms with van der Waals surface area (Å²) in [5, 5.41) is 0. The van der Waals surface area contributed by atoms with Gasteiger partial charge in [-0.1, -0.05) is 18.2 Å². The van der Waals surface area contributed by atoms with Gasteiger partial charge in [0.1, 0.15) is 24.0 Å². The van der Waals surface area contributed by atoms with Crippen LogP contribution in [-0.4, -0.2) is 42.4 Å². The molecule has 0 saturated carbocycles. The largest absolute Gasteiger partial charge is 0.485 e. The Morgan fingerprint density at radius 1 is 1.19 bits per heavy atom. The molecule has 2 aliphatic rings. The number of fused-ring (bicyclic) bond motifs is 1. The number of amides is 1. The van der Waals surface area contributed by atoms with Crippen LogP contribution in [-0.2, 0) is 22.6 Å². The third kappa shape index (κ3) is 3.55. The quantitative estimate of drug-likeness (QED) is 0.827. The summed E-state index contributed by atoms with van der Waals surface area (Å²) in [6, 6.07) is 8.88. The fourth-order valence-corrected chi connectivity index (χ4v) is 3.16. The van der Waals surface area contributed by atoms with Crippen LogP contribution in [0.25, 0.3) is 0 Å². The van der Waals surface area contributed by atoms with Crippen LogP contribution in [0.2, 0.25) is 0 Å². The standard InChI is InChI=1S/C20H17F2NO4/c21-17-4-2-1-3-12(17)10-26-15-8-23(9-15)20(25)16-6-13-5-14(24)11-27-19(13)7-18(16)22/h1-4,6-7,15H,5,8-11H2. The zero-order chi connectivity index (χ0) is 19.0. The van der Waals surface area contributed by atoms with E-state index >= 15 is 0 Å². The van der Waals surface area contributed by atoms with Crippen LogP contribution in [0, 0.1) is 11.6 Å². The van der Waals surface area contributed by atoms with Gasteiger partial charge in [-0.3, -0.25) is 9.59 Å². The zero-order valence-corrected chi connectivity index (χ0v) is 14.4. The van der Waals surface area contributed by atoms with Gasteiger partial charge in [-0.25, -0.2) is 8.78 Å². The third-order valence-electron chi connectivity index (χ3n) is 4.72. The van der Waals surface area contributed by atoms with Crippen LogP contribution in [0.5, 0.6) is 5.75 Å². The second kappa shape index (κ2) is 7.08. The molecule has 7 heteroatoms. The summed E-state index contributed by atoms with van der Waals surface area (Å²) in [6.07, 6.45) is -0.0938. The molecule has 1 fully saturated rings. The van der Waals surface area contributed by atoms with Crippen LogP contribution >= 0.6 is 0 Å². The van der Waals surface area contributed by atoms with E-state index in [1.807, 2.05) is 0 Å². The predicted octanol–water partition coefficient (Wildman–Crippen LogP) is 2.51. The molecule has 0 atom stereocenters. The third-order valence-corrected chi connectivity index (χ3v) is 4.72. The molecule has 0 aliphatic carbocycles. The van der Waals surface area contributed by atoms with Crippen LogP contribution in [0.4, 0.5) is 8.78 Å². The number of halogens is 2. The van der Waals surface area contributed by atoms with E-state index in [1.54, 1.807) is 18.2 Å². The SMILES string of the molecule is O=C1COc2cc(F)c(C(=O)N3CC(OCc4ccccc4F)C3)cc2C1. The van der Waals surface area contributed by atoms with Gasteiger partial charge in [0.25, 0.3) is 5.91 Å². The van der Waals surface area contributed by atoms with E-state index in [0.717, 1.165) is 6.07 Å². The number of rotatable bonds is 4. The fraction of sp³-hybridized carbons (Fsp3) is 0.300. The summed E-state index contributed by atoms with van der Waals surface area (Å²) in [5.74, 6) is -1.28. The highest BCUT2D eigenvalue weighted by molar-refractivity contribution is 5.96. The maximum absolute atomic E-state index is 14.3. The van der Waals surface area contributed by atoms with E-state index in [1.165, 1.54) is 17.0 Å². The summed E-state index contributed by atoms with van der Waals surface area (Å²) < 4.78 is 38.6. The number of ether oxygens (including phenoxy) is 2. The van der Waals surface area contributed by atoms with Gasteiger partial charge in [-0.2, -0.15) is 0 Å². The first kappa shape index (κ1) is 17.6. The first-order chi connectivity index (χ1) is 13.0. The summed E-state index contributed by atoms with van der Waals surface area (Å²) in [4.78, 5) is 25.5. The smallest absolute Gasteiger partial charge is 0.257 e. The predicted molar refractivity (Wildman–Crippen MR) is 91.5 cm³/mol.